The number of hydrogen-bond donors (Lipinski definition) is 2. The first-order chi connectivity index (χ1) is 8.09. The second-order valence-electron chi connectivity index (χ2n) is 4.09. The lowest BCUT2D eigenvalue weighted by atomic mass is 10.1. The van der Waals surface area contributed by atoms with Gasteiger partial charge in [0.2, 0.25) is 5.95 Å². The standard InChI is InChI=1S/C10H16N4O2S/c1-11-10-12-5-2-9(14-10)13-8-3-6-17(15,16)7-4-8/h2,5,8H,3-4,6-7H2,1H3,(H2,11,12,13,14). The molecule has 0 unspecified atom stereocenters. The maximum atomic E-state index is 11.3. The minimum absolute atomic E-state index is 0.179. The number of hydrogen-bond acceptors (Lipinski definition) is 6. The van der Waals surface area contributed by atoms with Crippen LogP contribution in [0.3, 0.4) is 0 Å². The summed E-state index contributed by atoms with van der Waals surface area (Å²) < 4.78 is 22.6. The molecule has 1 aromatic heterocycles. The Morgan fingerprint density at radius 2 is 2.06 bits per heavy atom. The van der Waals surface area contributed by atoms with Crippen molar-refractivity contribution in [3.63, 3.8) is 0 Å². The van der Waals surface area contributed by atoms with Crippen LogP contribution in [0, 0.1) is 0 Å². The Hall–Kier alpha value is -1.37. The van der Waals surface area contributed by atoms with Crippen molar-refractivity contribution in [1.82, 2.24) is 9.97 Å². The zero-order chi connectivity index (χ0) is 12.3. The highest BCUT2D eigenvalue weighted by molar-refractivity contribution is 7.91. The Labute approximate surface area is 101 Å². The van der Waals surface area contributed by atoms with E-state index in [1.807, 2.05) is 0 Å². The summed E-state index contributed by atoms with van der Waals surface area (Å²) in [5.74, 6) is 1.80. The number of anilines is 2. The van der Waals surface area contributed by atoms with Crippen LogP contribution in [-0.2, 0) is 9.84 Å². The van der Waals surface area contributed by atoms with E-state index in [2.05, 4.69) is 20.6 Å². The van der Waals surface area contributed by atoms with Crippen molar-refractivity contribution in [2.24, 2.45) is 0 Å². The molecule has 17 heavy (non-hydrogen) atoms. The predicted molar refractivity (Wildman–Crippen MR) is 66.9 cm³/mol. The largest absolute Gasteiger partial charge is 0.367 e. The normalized spacial score (nSPS) is 19.8. The highest BCUT2D eigenvalue weighted by Crippen LogP contribution is 2.16. The summed E-state index contributed by atoms with van der Waals surface area (Å²) in [6, 6.07) is 1.96. The fourth-order valence-corrected chi connectivity index (χ4v) is 3.29. The average molecular weight is 256 g/mol. The minimum atomic E-state index is -2.81. The van der Waals surface area contributed by atoms with Gasteiger partial charge < -0.3 is 10.6 Å². The van der Waals surface area contributed by atoms with Crippen LogP contribution in [0.4, 0.5) is 11.8 Å². The van der Waals surface area contributed by atoms with Crippen molar-refractivity contribution in [3.05, 3.63) is 12.3 Å². The molecular formula is C10H16N4O2S. The Morgan fingerprint density at radius 3 is 2.71 bits per heavy atom. The van der Waals surface area contributed by atoms with Gasteiger partial charge in [0.05, 0.1) is 11.5 Å². The van der Waals surface area contributed by atoms with E-state index >= 15 is 0 Å². The summed E-state index contributed by atoms with van der Waals surface area (Å²) in [5, 5.41) is 6.10. The van der Waals surface area contributed by atoms with E-state index in [0.717, 1.165) is 5.82 Å². The zero-order valence-corrected chi connectivity index (χ0v) is 10.5. The van der Waals surface area contributed by atoms with Crippen LogP contribution in [0.25, 0.3) is 0 Å². The Balaban J connectivity index is 1.97. The van der Waals surface area contributed by atoms with Gasteiger partial charge in [0.1, 0.15) is 15.7 Å². The smallest absolute Gasteiger partial charge is 0.224 e. The number of nitrogens with one attached hydrogen (secondary N) is 2. The number of nitrogens with zero attached hydrogens (tertiary/aromatic N) is 2. The lowest BCUT2D eigenvalue weighted by Gasteiger charge is -2.23. The molecule has 1 saturated heterocycles. The third-order valence-electron chi connectivity index (χ3n) is 2.79. The quantitative estimate of drug-likeness (QED) is 0.819. The van der Waals surface area contributed by atoms with Crippen molar-refractivity contribution in [1.29, 1.82) is 0 Å². The van der Waals surface area contributed by atoms with Crippen LogP contribution < -0.4 is 10.6 Å². The van der Waals surface area contributed by atoms with Crippen molar-refractivity contribution in [3.8, 4) is 0 Å². The molecule has 0 radical (unpaired) electrons. The molecule has 2 N–H and O–H groups in total. The molecular weight excluding hydrogens is 240 g/mol. The van der Waals surface area contributed by atoms with E-state index in [-0.39, 0.29) is 17.5 Å². The molecule has 0 saturated carbocycles. The maximum Gasteiger partial charge on any atom is 0.224 e. The molecule has 0 amide bonds. The molecule has 1 fully saturated rings. The molecule has 2 heterocycles. The van der Waals surface area contributed by atoms with Crippen LogP contribution in [0.2, 0.25) is 0 Å². The summed E-state index contributed by atoms with van der Waals surface area (Å²) in [6.07, 6.45) is 2.95. The fourth-order valence-electron chi connectivity index (χ4n) is 1.80. The lowest BCUT2D eigenvalue weighted by molar-refractivity contribution is 0.559. The first-order valence-electron chi connectivity index (χ1n) is 5.57. The Morgan fingerprint density at radius 1 is 1.35 bits per heavy atom. The molecule has 0 aromatic carbocycles. The highest BCUT2D eigenvalue weighted by Gasteiger charge is 2.23. The SMILES string of the molecule is CNc1nccc(NC2CCS(=O)(=O)CC2)n1. The maximum absolute atomic E-state index is 11.3. The van der Waals surface area contributed by atoms with Crippen molar-refractivity contribution in [2.45, 2.75) is 18.9 Å². The Kier molecular flexibility index (Phi) is 3.46. The summed E-state index contributed by atoms with van der Waals surface area (Å²) in [4.78, 5) is 8.25. The number of rotatable bonds is 3. The molecule has 1 aliphatic heterocycles. The van der Waals surface area contributed by atoms with E-state index in [1.54, 1.807) is 19.3 Å². The van der Waals surface area contributed by atoms with Gasteiger partial charge in [-0.15, -0.1) is 0 Å². The van der Waals surface area contributed by atoms with Gasteiger partial charge in [0.15, 0.2) is 0 Å². The van der Waals surface area contributed by atoms with Gasteiger partial charge in [-0.05, 0) is 18.9 Å². The van der Waals surface area contributed by atoms with Gasteiger partial charge in [-0.25, -0.2) is 13.4 Å². The molecule has 2 rings (SSSR count). The van der Waals surface area contributed by atoms with Gasteiger partial charge in [-0.3, -0.25) is 0 Å². The predicted octanol–water partition coefficient (Wildman–Crippen LogP) is 0.507. The average Bonchev–Trinajstić information content (AvgIpc) is 2.32. The van der Waals surface area contributed by atoms with Crippen LogP contribution in [0.5, 0.6) is 0 Å². The zero-order valence-electron chi connectivity index (χ0n) is 9.68. The number of aromatic nitrogens is 2. The van der Waals surface area contributed by atoms with Gasteiger partial charge in [-0.1, -0.05) is 0 Å². The van der Waals surface area contributed by atoms with Crippen LogP contribution in [0.15, 0.2) is 12.3 Å². The molecule has 0 spiro atoms. The van der Waals surface area contributed by atoms with Crippen LogP contribution >= 0.6 is 0 Å². The summed E-state index contributed by atoms with van der Waals surface area (Å²) >= 11 is 0. The topological polar surface area (TPSA) is 84.0 Å². The van der Waals surface area contributed by atoms with E-state index < -0.39 is 9.84 Å². The van der Waals surface area contributed by atoms with Crippen LogP contribution in [-0.4, -0.2) is 43.0 Å². The van der Waals surface area contributed by atoms with Crippen LogP contribution in [0.1, 0.15) is 12.8 Å². The second kappa shape index (κ2) is 4.87. The van der Waals surface area contributed by atoms with E-state index in [9.17, 15) is 8.42 Å². The monoisotopic (exact) mass is 256 g/mol. The molecule has 0 atom stereocenters. The van der Waals surface area contributed by atoms with Gasteiger partial charge >= 0.3 is 0 Å². The molecule has 0 aliphatic carbocycles. The second-order valence-corrected chi connectivity index (χ2v) is 6.39. The third-order valence-corrected chi connectivity index (χ3v) is 4.50. The lowest BCUT2D eigenvalue weighted by Crippen LogP contribution is -2.32. The van der Waals surface area contributed by atoms with E-state index in [1.165, 1.54) is 0 Å². The van der Waals surface area contributed by atoms with Crippen molar-refractivity contribution < 1.29 is 8.42 Å². The fraction of sp³-hybridized carbons (Fsp3) is 0.600. The first-order valence-corrected chi connectivity index (χ1v) is 7.39. The molecule has 94 valence electrons. The summed E-state index contributed by atoms with van der Waals surface area (Å²) in [5.41, 5.74) is 0. The van der Waals surface area contributed by atoms with Gasteiger partial charge in [0, 0.05) is 19.3 Å². The minimum Gasteiger partial charge on any atom is -0.367 e. The van der Waals surface area contributed by atoms with Gasteiger partial charge in [-0.2, -0.15) is 4.98 Å². The van der Waals surface area contributed by atoms with E-state index in [4.69, 9.17) is 0 Å². The van der Waals surface area contributed by atoms with Crippen molar-refractivity contribution in [2.75, 3.05) is 29.2 Å². The summed E-state index contributed by atoms with van der Waals surface area (Å²) in [6.45, 7) is 0. The molecule has 1 aromatic rings. The first kappa shape index (κ1) is 12.1. The number of sulfone groups is 1. The van der Waals surface area contributed by atoms with Crippen molar-refractivity contribution >= 4 is 21.6 Å². The molecule has 1 aliphatic rings. The molecule has 7 heteroatoms. The highest BCUT2D eigenvalue weighted by atomic mass is 32.2. The Bertz CT molecular complexity index is 475. The summed E-state index contributed by atoms with van der Waals surface area (Å²) in [7, 11) is -1.05. The molecule has 0 bridgehead atoms. The van der Waals surface area contributed by atoms with E-state index in [0.29, 0.717) is 18.8 Å². The van der Waals surface area contributed by atoms with Gasteiger partial charge in [0.25, 0.3) is 0 Å². The third kappa shape index (κ3) is 3.29. The molecule has 6 nitrogen and oxygen atoms in total.